The molecule has 0 aliphatic heterocycles. The van der Waals surface area contributed by atoms with E-state index in [1.165, 1.54) is 18.3 Å². The molecule has 24 heavy (non-hydrogen) atoms. The normalized spacial score (nSPS) is 13.0. The van der Waals surface area contributed by atoms with Crippen LogP contribution in [0.2, 0.25) is 0 Å². The van der Waals surface area contributed by atoms with Crippen molar-refractivity contribution in [3.05, 3.63) is 35.4 Å². The van der Waals surface area contributed by atoms with Crippen molar-refractivity contribution in [3.8, 4) is 0 Å². The molecule has 10 radical (unpaired) electrons. The fraction of sp³-hybridized carbons (Fsp3) is 0.429. The molecule has 0 aliphatic carbocycles. The third-order valence-electron chi connectivity index (χ3n) is 2.91. The van der Waals surface area contributed by atoms with Crippen LogP contribution in [0.4, 0.5) is 4.79 Å². The molecule has 1 amide bonds. The SMILES string of the molecule is [B]C([B])([B])N(C(=O)OC(C)(C)C)C([B])([B])c1ccc(/C=N/O)cc1. The third-order valence-corrected chi connectivity index (χ3v) is 2.91. The molecule has 1 N–H and O–H groups in total. The Balaban J connectivity index is 3.27. The minimum absolute atomic E-state index is 0.286. The Bertz CT molecular complexity index is 606. The van der Waals surface area contributed by atoms with Gasteiger partial charge in [-0.3, -0.25) is 0 Å². The van der Waals surface area contributed by atoms with Crippen molar-refractivity contribution < 1.29 is 14.7 Å². The minimum atomic E-state index is -2.17. The van der Waals surface area contributed by atoms with Crippen LogP contribution in [0.3, 0.4) is 0 Å². The van der Waals surface area contributed by atoms with E-state index in [9.17, 15) is 4.79 Å². The van der Waals surface area contributed by atoms with Crippen LogP contribution in [0, 0.1) is 0 Å². The topological polar surface area (TPSA) is 62.1 Å². The summed E-state index contributed by atoms with van der Waals surface area (Å²) in [6.07, 6.45) is 0.240. The van der Waals surface area contributed by atoms with Gasteiger partial charge in [-0.1, -0.05) is 34.7 Å². The predicted molar refractivity (Wildman–Crippen MR) is 97.1 cm³/mol. The van der Waals surface area contributed by atoms with Gasteiger partial charge in [0.2, 0.25) is 0 Å². The summed E-state index contributed by atoms with van der Waals surface area (Å²) in [6.45, 7) is 4.98. The van der Waals surface area contributed by atoms with E-state index in [4.69, 9.17) is 49.2 Å². The summed E-state index contributed by atoms with van der Waals surface area (Å²) in [7, 11) is 29.2. The summed E-state index contributed by atoms with van der Waals surface area (Å²) in [5, 5.41) is 7.32. The van der Waals surface area contributed by atoms with Crippen LogP contribution in [-0.4, -0.2) is 72.5 Å². The number of amides is 1. The second-order valence-electron chi connectivity index (χ2n) is 6.39. The molecular weight excluding hydrogens is 298 g/mol. The van der Waals surface area contributed by atoms with Crippen LogP contribution in [0.15, 0.2) is 29.4 Å². The zero-order chi connectivity index (χ0) is 18.8. The molecule has 1 aromatic carbocycles. The van der Waals surface area contributed by atoms with Crippen molar-refractivity contribution >= 4 is 51.5 Å². The maximum Gasteiger partial charge on any atom is 0.408 e. The van der Waals surface area contributed by atoms with Gasteiger partial charge in [-0.15, -0.1) is 0 Å². The quantitative estimate of drug-likeness (QED) is 0.376. The molecule has 1 rings (SSSR count). The summed E-state index contributed by atoms with van der Waals surface area (Å²) in [5.41, 5.74) is 0.0347. The van der Waals surface area contributed by atoms with Gasteiger partial charge in [0.1, 0.15) is 5.60 Å². The molecule has 0 unspecified atom stereocenters. The van der Waals surface area contributed by atoms with Gasteiger partial charge >= 0.3 is 6.09 Å². The van der Waals surface area contributed by atoms with Crippen molar-refractivity contribution in [1.82, 2.24) is 4.90 Å². The Hall–Kier alpha value is -1.72. The van der Waals surface area contributed by atoms with Gasteiger partial charge in [-0.25, -0.2) is 4.79 Å². The number of nitrogens with zero attached hydrogens (tertiary/aromatic N) is 2. The number of carbonyl (C=O) groups excluding carboxylic acids is 1. The van der Waals surface area contributed by atoms with Crippen molar-refractivity contribution in [2.45, 2.75) is 36.9 Å². The Kier molecular flexibility index (Phi) is 5.96. The van der Waals surface area contributed by atoms with Gasteiger partial charge in [0.25, 0.3) is 0 Å². The molecule has 0 aromatic heterocycles. The number of rotatable bonds is 4. The monoisotopic (exact) mass is 314 g/mol. The van der Waals surface area contributed by atoms with Gasteiger partial charge in [0.05, 0.1) is 45.4 Å². The first kappa shape index (κ1) is 20.3. The molecular formula is C14H15B5N2O3. The first-order valence-corrected chi connectivity index (χ1v) is 7.04. The summed E-state index contributed by atoms with van der Waals surface area (Å²) < 4.78 is 5.23. The summed E-state index contributed by atoms with van der Waals surface area (Å²) >= 11 is 0. The largest absolute Gasteiger partial charge is 0.444 e. The van der Waals surface area contributed by atoms with Crippen LogP contribution in [0.5, 0.6) is 0 Å². The standard InChI is InChI=1S/C14H15B5N2O3/c1-12(2,3)24-11(22)21(14(17,18)19)13(15,16)10-6-4-9(5-7-10)8-20-23/h4-8,23H,1-3H3/b20-8+. The highest BCUT2D eigenvalue weighted by atomic mass is 16.6. The van der Waals surface area contributed by atoms with Gasteiger partial charge < -0.3 is 14.8 Å². The lowest BCUT2D eigenvalue weighted by Crippen LogP contribution is -2.64. The second-order valence-corrected chi connectivity index (χ2v) is 6.39. The van der Waals surface area contributed by atoms with E-state index >= 15 is 0 Å². The molecule has 0 spiro atoms. The molecule has 114 valence electrons. The summed E-state index contributed by atoms with van der Waals surface area (Å²) in [5.74, 6) is 0. The summed E-state index contributed by atoms with van der Waals surface area (Å²) in [4.78, 5) is 13.1. The van der Waals surface area contributed by atoms with Crippen LogP contribution in [-0.2, 0) is 10.1 Å². The van der Waals surface area contributed by atoms with Gasteiger partial charge in [-0.05, 0) is 37.2 Å². The highest BCUT2D eigenvalue weighted by molar-refractivity contribution is 6.60. The van der Waals surface area contributed by atoms with Crippen molar-refractivity contribution in [2.24, 2.45) is 5.16 Å². The molecule has 0 saturated carbocycles. The lowest BCUT2D eigenvalue weighted by Gasteiger charge is -2.50. The second kappa shape index (κ2) is 7.03. The lowest BCUT2D eigenvalue weighted by atomic mass is 9.44. The molecule has 0 bridgehead atoms. The first-order valence-electron chi connectivity index (χ1n) is 7.04. The third kappa shape index (κ3) is 5.15. The van der Waals surface area contributed by atoms with Crippen LogP contribution in [0.25, 0.3) is 0 Å². The zero-order valence-electron chi connectivity index (χ0n) is 13.9. The fourth-order valence-electron chi connectivity index (χ4n) is 1.97. The van der Waals surface area contributed by atoms with Crippen molar-refractivity contribution in [2.75, 3.05) is 0 Å². The zero-order valence-corrected chi connectivity index (χ0v) is 13.9. The number of benzene rings is 1. The number of oxime groups is 1. The molecule has 0 atom stereocenters. The smallest absolute Gasteiger partial charge is 0.408 e. The maximum absolute atomic E-state index is 12.4. The highest BCUT2D eigenvalue weighted by Crippen LogP contribution is 2.28. The van der Waals surface area contributed by atoms with Gasteiger partial charge in [0.15, 0.2) is 0 Å². The van der Waals surface area contributed by atoms with Crippen molar-refractivity contribution in [3.63, 3.8) is 0 Å². The molecule has 10 heteroatoms. The highest BCUT2D eigenvalue weighted by Gasteiger charge is 2.40. The molecule has 0 heterocycles. The number of carbonyl (C=O) groups is 1. The van der Waals surface area contributed by atoms with Crippen LogP contribution < -0.4 is 0 Å². The van der Waals surface area contributed by atoms with E-state index in [2.05, 4.69) is 5.16 Å². The van der Waals surface area contributed by atoms with E-state index < -0.39 is 22.3 Å². The fourth-order valence-corrected chi connectivity index (χ4v) is 1.97. The summed E-state index contributed by atoms with van der Waals surface area (Å²) in [6, 6.07) is 6.17. The van der Waals surface area contributed by atoms with Crippen LogP contribution >= 0.6 is 0 Å². The molecule has 0 saturated heterocycles. The van der Waals surface area contributed by atoms with E-state index in [-0.39, 0.29) is 5.56 Å². The number of hydrogen-bond donors (Lipinski definition) is 1. The Labute approximate surface area is 149 Å². The Morgan fingerprint density at radius 2 is 1.62 bits per heavy atom. The van der Waals surface area contributed by atoms with Gasteiger partial charge in [-0.2, -0.15) is 0 Å². The van der Waals surface area contributed by atoms with E-state index in [0.717, 1.165) is 0 Å². The first-order chi connectivity index (χ1) is 10.8. The molecule has 0 aliphatic rings. The van der Waals surface area contributed by atoms with E-state index in [1.54, 1.807) is 32.9 Å². The van der Waals surface area contributed by atoms with E-state index in [1.807, 2.05) is 0 Å². The van der Waals surface area contributed by atoms with Crippen LogP contribution in [0.1, 0.15) is 31.9 Å². The number of ether oxygens (including phenoxy) is 1. The number of hydrogen-bond acceptors (Lipinski definition) is 4. The lowest BCUT2D eigenvalue weighted by molar-refractivity contribution is 0.0174. The van der Waals surface area contributed by atoms with E-state index in [0.29, 0.717) is 10.5 Å². The molecule has 5 nitrogen and oxygen atoms in total. The molecule has 1 aromatic rings. The predicted octanol–water partition coefficient (Wildman–Crippen LogP) is 0.296. The minimum Gasteiger partial charge on any atom is -0.444 e. The van der Waals surface area contributed by atoms with Gasteiger partial charge in [0, 0.05) is 0 Å². The average Bonchev–Trinajstić information content (AvgIpc) is 2.35. The Morgan fingerprint density at radius 3 is 2.00 bits per heavy atom. The molecule has 0 fully saturated rings. The Morgan fingerprint density at radius 1 is 1.12 bits per heavy atom. The average molecular weight is 313 g/mol. The maximum atomic E-state index is 12.4. The van der Waals surface area contributed by atoms with Crippen molar-refractivity contribution in [1.29, 1.82) is 0 Å².